The number of benzene rings is 1. The van der Waals surface area contributed by atoms with E-state index in [0.29, 0.717) is 20.4 Å². The number of ether oxygens (including phenoxy) is 2. The molecule has 1 aromatic rings. The zero-order valence-corrected chi connectivity index (χ0v) is 15.9. The second-order valence-corrected chi connectivity index (χ2v) is 8.81. The largest absolute Gasteiger partial charge is 0.370 e. The highest BCUT2D eigenvalue weighted by molar-refractivity contribution is 14.1. The number of fused-ring (bicyclic) bond motifs is 2. The van der Waals surface area contributed by atoms with E-state index in [2.05, 4.69) is 43.4 Å². The van der Waals surface area contributed by atoms with Gasteiger partial charge in [0.25, 0.3) is 0 Å². The second kappa shape index (κ2) is 5.87. The van der Waals surface area contributed by atoms with Crippen LogP contribution in [0.1, 0.15) is 39.2 Å². The molecular formula is C17H21ClFIO2. The number of hydrogen-bond acceptors (Lipinski definition) is 2. The maximum absolute atomic E-state index is 13.9. The quantitative estimate of drug-likeness (QED) is 0.478. The van der Waals surface area contributed by atoms with Crippen molar-refractivity contribution >= 4 is 34.2 Å². The van der Waals surface area contributed by atoms with Gasteiger partial charge in [0, 0.05) is 20.9 Å². The van der Waals surface area contributed by atoms with Crippen LogP contribution in [0.25, 0.3) is 0 Å². The Kier molecular flexibility index (Phi) is 4.52. The molecule has 2 saturated heterocycles. The lowest BCUT2D eigenvalue weighted by molar-refractivity contribution is -0.0956. The van der Waals surface area contributed by atoms with Gasteiger partial charge >= 0.3 is 0 Å². The Balaban J connectivity index is 1.75. The summed E-state index contributed by atoms with van der Waals surface area (Å²) in [5.41, 5.74) is 0.0208. The van der Waals surface area contributed by atoms with Crippen LogP contribution in [0.5, 0.6) is 0 Å². The summed E-state index contributed by atoms with van der Waals surface area (Å²) < 4.78 is 26.9. The highest BCUT2D eigenvalue weighted by Gasteiger charge is 2.65. The van der Waals surface area contributed by atoms with E-state index in [1.165, 1.54) is 6.07 Å². The van der Waals surface area contributed by atoms with Gasteiger partial charge in [0.15, 0.2) is 0 Å². The zero-order chi connectivity index (χ0) is 16.1. The van der Waals surface area contributed by atoms with Gasteiger partial charge in [0.2, 0.25) is 0 Å². The van der Waals surface area contributed by atoms with Gasteiger partial charge in [0.05, 0.1) is 23.9 Å². The number of halogens is 3. The molecule has 0 saturated carbocycles. The Bertz CT molecular complexity index is 562. The molecule has 2 fully saturated rings. The molecule has 3 rings (SSSR count). The number of hydrogen-bond donors (Lipinski definition) is 0. The number of rotatable bonds is 4. The molecule has 2 aliphatic heterocycles. The highest BCUT2D eigenvalue weighted by atomic mass is 127. The van der Waals surface area contributed by atoms with Crippen LogP contribution in [0.2, 0.25) is 5.02 Å². The smallest absolute Gasteiger partial charge is 0.130 e. The first-order valence-electron chi connectivity index (χ1n) is 7.67. The Labute approximate surface area is 149 Å². The highest BCUT2D eigenvalue weighted by Crippen LogP contribution is 2.57. The van der Waals surface area contributed by atoms with Crippen molar-refractivity contribution in [2.24, 2.45) is 5.92 Å². The molecule has 0 aliphatic carbocycles. The van der Waals surface area contributed by atoms with E-state index in [4.69, 9.17) is 21.1 Å². The van der Waals surface area contributed by atoms with E-state index in [9.17, 15) is 4.39 Å². The fourth-order valence-electron chi connectivity index (χ4n) is 3.75. The van der Waals surface area contributed by atoms with E-state index in [-0.39, 0.29) is 29.7 Å². The summed E-state index contributed by atoms with van der Waals surface area (Å²) in [6.45, 7) is 6.71. The van der Waals surface area contributed by atoms with Crippen molar-refractivity contribution in [2.75, 3.05) is 0 Å². The van der Waals surface area contributed by atoms with Gasteiger partial charge in [-0.15, -0.1) is 0 Å². The van der Waals surface area contributed by atoms with E-state index >= 15 is 0 Å². The second-order valence-electron chi connectivity index (χ2n) is 6.90. The average Bonchev–Trinajstić information content (AvgIpc) is 2.86. The summed E-state index contributed by atoms with van der Waals surface area (Å²) in [7, 11) is 0. The first-order valence-corrected chi connectivity index (χ1v) is 9.29. The average molecular weight is 439 g/mol. The van der Waals surface area contributed by atoms with Crippen LogP contribution in [0.4, 0.5) is 4.39 Å². The van der Waals surface area contributed by atoms with Crippen molar-refractivity contribution in [1.82, 2.24) is 0 Å². The summed E-state index contributed by atoms with van der Waals surface area (Å²) in [6, 6.07) is 4.72. The third kappa shape index (κ3) is 2.60. The standard InChI is InChI=1S/C17H21ClFIO2/c1-10(2)17-8-15(16(3,22-17)7-14(17)20)21-9-11-12(18)5-4-6-13(11)19/h4-6,10,14-15H,7-9H2,1-3H3/t14-,15+,16-,17+/m1/s1. The molecular weight excluding hydrogens is 418 g/mol. The molecule has 0 aromatic heterocycles. The third-order valence-electron chi connectivity index (χ3n) is 5.19. The first-order chi connectivity index (χ1) is 10.3. The molecule has 1 aromatic carbocycles. The van der Waals surface area contributed by atoms with Crippen LogP contribution in [0.3, 0.4) is 0 Å². The summed E-state index contributed by atoms with van der Waals surface area (Å²) in [6.07, 6.45) is 1.82. The fourth-order valence-corrected chi connectivity index (χ4v) is 5.94. The molecule has 122 valence electrons. The molecule has 0 unspecified atom stereocenters. The predicted molar refractivity (Wildman–Crippen MR) is 94.1 cm³/mol. The molecule has 2 bridgehead atoms. The van der Waals surface area contributed by atoms with E-state index in [1.807, 2.05) is 0 Å². The SMILES string of the molecule is CC(C)[C@@]12C[C@H](OCc3c(F)cccc3Cl)[C@@](C)(C[C@H]1I)O2. The third-order valence-corrected chi connectivity index (χ3v) is 7.04. The van der Waals surface area contributed by atoms with Crippen LogP contribution in [0.15, 0.2) is 18.2 Å². The summed E-state index contributed by atoms with van der Waals surface area (Å²) in [4.78, 5) is 0. The van der Waals surface area contributed by atoms with Crippen LogP contribution in [-0.2, 0) is 16.1 Å². The van der Waals surface area contributed by atoms with Gasteiger partial charge in [-0.25, -0.2) is 4.39 Å². The van der Waals surface area contributed by atoms with E-state index in [1.54, 1.807) is 12.1 Å². The lowest BCUT2D eigenvalue weighted by Crippen LogP contribution is -2.44. The molecule has 2 nitrogen and oxygen atoms in total. The van der Waals surface area contributed by atoms with Crippen molar-refractivity contribution in [1.29, 1.82) is 0 Å². The maximum atomic E-state index is 13.9. The topological polar surface area (TPSA) is 18.5 Å². The molecule has 0 spiro atoms. The van der Waals surface area contributed by atoms with Crippen LogP contribution in [0, 0.1) is 11.7 Å². The van der Waals surface area contributed by atoms with Crippen LogP contribution >= 0.6 is 34.2 Å². The molecule has 0 amide bonds. The maximum Gasteiger partial charge on any atom is 0.130 e. The lowest BCUT2D eigenvalue weighted by atomic mass is 9.75. The monoisotopic (exact) mass is 438 g/mol. The molecule has 0 N–H and O–H groups in total. The van der Waals surface area contributed by atoms with E-state index < -0.39 is 0 Å². The Morgan fingerprint density at radius 3 is 2.77 bits per heavy atom. The minimum absolute atomic E-state index is 0.0170. The van der Waals surface area contributed by atoms with Gasteiger partial charge in [-0.1, -0.05) is 54.1 Å². The normalized spacial score (nSPS) is 37.2. The molecule has 0 radical (unpaired) electrons. The van der Waals surface area contributed by atoms with Crippen molar-refractivity contribution in [3.63, 3.8) is 0 Å². The molecule has 2 heterocycles. The first kappa shape index (κ1) is 16.9. The molecule has 4 atom stereocenters. The van der Waals surface area contributed by atoms with E-state index in [0.717, 1.165) is 12.8 Å². The van der Waals surface area contributed by atoms with Gasteiger partial charge in [-0.2, -0.15) is 0 Å². The Morgan fingerprint density at radius 2 is 2.18 bits per heavy atom. The minimum Gasteiger partial charge on any atom is -0.370 e. The molecule has 22 heavy (non-hydrogen) atoms. The zero-order valence-electron chi connectivity index (χ0n) is 13.0. The van der Waals surface area contributed by atoms with Crippen molar-refractivity contribution in [3.05, 3.63) is 34.6 Å². The summed E-state index contributed by atoms with van der Waals surface area (Å²) in [5.74, 6) is 0.119. The van der Waals surface area contributed by atoms with Gasteiger partial charge in [0.1, 0.15) is 5.82 Å². The summed E-state index contributed by atoms with van der Waals surface area (Å²) in [5, 5.41) is 0.416. The van der Waals surface area contributed by atoms with Crippen LogP contribution in [-0.4, -0.2) is 21.2 Å². The lowest BCUT2D eigenvalue weighted by Gasteiger charge is -2.35. The van der Waals surface area contributed by atoms with Crippen molar-refractivity contribution in [2.45, 2.75) is 61.5 Å². The van der Waals surface area contributed by atoms with Crippen molar-refractivity contribution in [3.8, 4) is 0 Å². The Hall–Kier alpha value is 0.0900. The fraction of sp³-hybridized carbons (Fsp3) is 0.647. The molecule has 2 aliphatic rings. The number of alkyl halides is 1. The van der Waals surface area contributed by atoms with Crippen LogP contribution < -0.4 is 0 Å². The minimum atomic E-state index is -0.313. The van der Waals surface area contributed by atoms with Gasteiger partial charge in [-0.3, -0.25) is 0 Å². The van der Waals surface area contributed by atoms with Gasteiger partial charge in [-0.05, 0) is 31.4 Å². The Morgan fingerprint density at radius 1 is 1.45 bits per heavy atom. The van der Waals surface area contributed by atoms with Crippen molar-refractivity contribution < 1.29 is 13.9 Å². The summed E-state index contributed by atoms with van der Waals surface area (Å²) >= 11 is 8.58. The predicted octanol–water partition coefficient (Wildman–Crippen LogP) is 5.15. The van der Waals surface area contributed by atoms with Gasteiger partial charge < -0.3 is 9.47 Å². The molecule has 5 heteroatoms.